The first-order valence-corrected chi connectivity index (χ1v) is 9.63. The van der Waals surface area contributed by atoms with Gasteiger partial charge in [-0.25, -0.2) is 0 Å². The number of benzene rings is 1. The van der Waals surface area contributed by atoms with Crippen LogP contribution in [0.15, 0.2) is 24.3 Å². The van der Waals surface area contributed by atoms with E-state index in [4.69, 9.17) is 4.74 Å². The van der Waals surface area contributed by atoms with Gasteiger partial charge in [0.25, 0.3) is 0 Å². The standard InChI is InChI=1S/C20H32N2O3/c1-16-6-2-3-9-20(16)25-15-19(24)13-22-11-4-7-17(22)12-21-10-5-8-18(21)14-23/h2-3,6,9,17-19,23-24H,4-5,7-8,10-15H2,1H3. The van der Waals surface area contributed by atoms with E-state index in [-0.39, 0.29) is 6.61 Å². The average molecular weight is 348 g/mol. The molecule has 5 heteroatoms. The number of β-amino-alcohol motifs (C(OH)–C–C–N with tert-alkyl or cyclic N) is 1. The molecule has 0 bridgehead atoms. The second kappa shape index (κ2) is 8.99. The number of hydrogen-bond donors (Lipinski definition) is 2. The Kier molecular flexibility index (Phi) is 6.70. The van der Waals surface area contributed by atoms with E-state index in [1.165, 1.54) is 19.3 Å². The van der Waals surface area contributed by atoms with Crippen LogP contribution in [0.4, 0.5) is 0 Å². The van der Waals surface area contributed by atoms with Crippen molar-refractivity contribution in [2.45, 2.75) is 50.8 Å². The summed E-state index contributed by atoms with van der Waals surface area (Å²) in [6.07, 6.45) is 4.18. The van der Waals surface area contributed by atoms with Gasteiger partial charge in [-0.3, -0.25) is 9.80 Å². The number of rotatable bonds is 8. The SMILES string of the molecule is Cc1ccccc1OCC(O)CN1CCCC1CN1CCCC1CO. The van der Waals surface area contributed by atoms with Crippen molar-refractivity contribution in [3.63, 3.8) is 0 Å². The van der Waals surface area contributed by atoms with Crippen molar-refractivity contribution in [1.29, 1.82) is 0 Å². The summed E-state index contributed by atoms with van der Waals surface area (Å²) >= 11 is 0. The number of ether oxygens (including phenoxy) is 1. The van der Waals surface area contributed by atoms with Crippen LogP contribution in [0.25, 0.3) is 0 Å². The van der Waals surface area contributed by atoms with Crippen molar-refractivity contribution in [1.82, 2.24) is 9.80 Å². The van der Waals surface area contributed by atoms with Crippen molar-refractivity contribution >= 4 is 0 Å². The number of likely N-dealkylation sites (tertiary alicyclic amines) is 2. The molecule has 3 atom stereocenters. The van der Waals surface area contributed by atoms with E-state index < -0.39 is 6.10 Å². The minimum atomic E-state index is -0.479. The highest BCUT2D eigenvalue weighted by Gasteiger charge is 2.32. The summed E-state index contributed by atoms with van der Waals surface area (Å²) in [4.78, 5) is 4.83. The van der Waals surface area contributed by atoms with Crippen LogP contribution >= 0.6 is 0 Å². The second-order valence-electron chi connectivity index (χ2n) is 7.49. The Balaban J connectivity index is 1.46. The molecule has 3 unspecified atom stereocenters. The number of hydrogen-bond acceptors (Lipinski definition) is 5. The van der Waals surface area contributed by atoms with Crippen LogP contribution in [0.3, 0.4) is 0 Å². The smallest absolute Gasteiger partial charge is 0.122 e. The summed E-state index contributed by atoms with van der Waals surface area (Å²) in [5.41, 5.74) is 1.10. The Morgan fingerprint density at radius 3 is 2.60 bits per heavy atom. The predicted molar refractivity (Wildman–Crippen MR) is 99.0 cm³/mol. The topological polar surface area (TPSA) is 56.2 Å². The molecule has 0 amide bonds. The normalized spacial score (nSPS) is 26.2. The maximum atomic E-state index is 10.4. The van der Waals surface area contributed by atoms with Gasteiger partial charge in [0, 0.05) is 25.2 Å². The number of para-hydroxylation sites is 1. The summed E-state index contributed by atoms with van der Waals surface area (Å²) in [6, 6.07) is 8.73. The van der Waals surface area contributed by atoms with Crippen LogP contribution in [0.5, 0.6) is 5.75 Å². The molecule has 2 fully saturated rings. The van der Waals surface area contributed by atoms with E-state index in [1.807, 2.05) is 31.2 Å². The minimum absolute atomic E-state index is 0.264. The van der Waals surface area contributed by atoms with Crippen molar-refractivity contribution in [3.05, 3.63) is 29.8 Å². The van der Waals surface area contributed by atoms with E-state index >= 15 is 0 Å². The lowest BCUT2D eigenvalue weighted by molar-refractivity contribution is 0.0529. The molecule has 1 aromatic rings. The molecule has 2 aliphatic heterocycles. The first-order valence-electron chi connectivity index (χ1n) is 9.63. The van der Waals surface area contributed by atoms with Gasteiger partial charge < -0.3 is 14.9 Å². The maximum Gasteiger partial charge on any atom is 0.122 e. The molecule has 2 N–H and O–H groups in total. The summed E-state index contributed by atoms with van der Waals surface area (Å²) in [5.74, 6) is 0.849. The molecule has 2 saturated heterocycles. The van der Waals surface area contributed by atoms with Gasteiger partial charge in [-0.15, -0.1) is 0 Å². The maximum absolute atomic E-state index is 10.4. The van der Waals surface area contributed by atoms with Crippen molar-refractivity contribution in [3.8, 4) is 5.75 Å². The lowest BCUT2D eigenvalue weighted by atomic mass is 10.1. The van der Waals surface area contributed by atoms with E-state index in [0.29, 0.717) is 25.2 Å². The number of aliphatic hydroxyl groups excluding tert-OH is 2. The highest BCUT2D eigenvalue weighted by Crippen LogP contribution is 2.23. The van der Waals surface area contributed by atoms with Crippen LogP contribution in [-0.4, -0.2) is 77.6 Å². The molecular formula is C20H32N2O3. The van der Waals surface area contributed by atoms with E-state index in [0.717, 1.165) is 37.4 Å². The molecule has 0 aliphatic carbocycles. The van der Waals surface area contributed by atoms with Crippen LogP contribution in [0, 0.1) is 6.92 Å². The van der Waals surface area contributed by atoms with E-state index in [1.54, 1.807) is 0 Å². The quantitative estimate of drug-likeness (QED) is 0.748. The molecule has 0 aromatic heterocycles. The summed E-state index contributed by atoms with van der Waals surface area (Å²) in [6.45, 7) is 6.42. The Labute approximate surface area is 151 Å². The summed E-state index contributed by atoms with van der Waals surface area (Å²) < 4.78 is 5.79. The minimum Gasteiger partial charge on any atom is -0.491 e. The first kappa shape index (κ1) is 18.6. The van der Waals surface area contributed by atoms with Gasteiger partial charge in [0.1, 0.15) is 18.5 Å². The third kappa shape index (κ3) is 4.94. The Morgan fingerprint density at radius 2 is 1.84 bits per heavy atom. The highest BCUT2D eigenvalue weighted by atomic mass is 16.5. The van der Waals surface area contributed by atoms with Gasteiger partial charge in [-0.2, -0.15) is 0 Å². The number of aliphatic hydroxyl groups is 2. The van der Waals surface area contributed by atoms with Gasteiger partial charge in [-0.1, -0.05) is 18.2 Å². The van der Waals surface area contributed by atoms with Gasteiger partial charge in [-0.05, 0) is 57.3 Å². The van der Waals surface area contributed by atoms with Crippen molar-refractivity contribution < 1.29 is 14.9 Å². The molecule has 25 heavy (non-hydrogen) atoms. The molecule has 2 heterocycles. The van der Waals surface area contributed by atoms with E-state index in [9.17, 15) is 10.2 Å². The monoisotopic (exact) mass is 348 g/mol. The molecule has 5 nitrogen and oxygen atoms in total. The zero-order valence-corrected chi connectivity index (χ0v) is 15.3. The van der Waals surface area contributed by atoms with Gasteiger partial charge in [0.15, 0.2) is 0 Å². The van der Waals surface area contributed by atoms with Crippen LogP contribution in [0.1, 0.15) is 31.2 Å². The van der Waals surface area contributed by atoms with Gasteiger partial charge in [0.2, 0.25) is 0 Å². The Morgan fingerprint density at radius 1 is 1.12 bits per heavy atom. The third-order valence-corrected chi connectivity index (χ3v) is 5.62. The summed E-state index contributed by atoms with van der Waals surface area (Å²) in [7, 11) is 0. The fourth-order valence-corrected chi connectivity index (χ4v) is 4.18. The van der Waals surface area contributed by atoms with Crippen LogP contribution < -0.4 is 4.74 Å². The Hall–Kier alpha value is -1.14. The average Bonchev–Trinajstić information content (AvgIpc) is 3.24. The molecule has 140 valence electrons. The predicted octanol–water partition coefficient (Wildman–Crippen LogP) is 1.66. The molecular weight excluding hydrogens is 316 g/mol. The number of nitrogens with zero attached hydrogens (tertiary/aromatic N) is 2. The van der Waals surface area contributed by atoms with Crippen molar-refractivity contribution in [2.75, 3.05) is 39.4 Å². The molecule has 1 aromatic carbocycles. The lowest BCUT2D eigenvalue weighted by Crippen LogP contribution is -2.46. The van der Waals surface area contributed by atoms with Gasteiger partial charge in [0.05, 0.1) is 6.61 Å². The lowest BCUT2D eigenvalue weighted by Gasteiger charge is -2.32. The fourth-order valence-electron chi connectivity index (χ4n) is 4.18. The zero-order valence-electron chi connectivity index (χ0n) is 15.3. The largest absolute Gasteiger partial charge is 0.491 e. The van der Waals surface area contributed by atoms with Crippen LogP contribution in [-0.2, 0) is 0 Å². The Bertz CT molecular complexity index is 539. The molecule has 0 radical (unpaired) electrons. The van der Waals surface area contributed by atoms with Crippen LogP contribution in [0.2, 0.25) is 0 Å². The first-order chi connectivity index (χ1) is 12.2. The van der Waals surface area contributed by atoms with Gasteiger partial charge >= 0.3 is 0 Å². The third-order valence-electron chi connectivity index (χ3n) is 5.62. The van der Waals surface area contributed by atoms with E-state index in [2.05, 4.69) is 9.80 Å². The molecule has 0 saturated carbocycles. The number of aryl methyl sites for hydroxylation is 1. The second-order valence-corrected chi connectivity index (χ2v) is 7.49. The summed E-state index contributed by atoms with van der Waals surface area (Å²) in [5, 5.41) is 19.9. The fraction of sp³-hybridized carbons (Fsp3) is 0.700. The van der Waals surface area contributed by atoms with Crippen molar-refractivity contribution in [2.24, 2.45) is 0 Å². The highest BCUT2D eigenvalue weighted by molar-refractivity contribution is 5.31. The molecule has 2 aliphatic rings. The molecule has 3 rings (SSSR count). The molecule has 0 spiro atoms. The zero-order chi connectivity index (χ0) is 17.6.